The van der Waals surface area contributed by atoms with Gasteiger partial charge >= 0.3 is 0 Å². The zero-order valence-corrected chi connectivity index (χ0v) is 19.2. The average Bonchev–Trinajstić information content (AvgIpc) is 3.52. The van der Waals surface area contributed by atoms with E-state index in [1.165, 1.54) is 22.7 Å². The van der Waals surface area contributed by atoms with E-state index in [0.717, 1.165) is 41.6 Å². The summed E-state index contributed by atoms with van der Waals surface area (Å²) < 4.78 is 1.52. The van der Waals surface area contributed by atoms with Gasteiger partial charge in [0.2, 0.25) is 0 Å². The average molecular weight is 475 g/mol. The molecule has 0 spiro atoms. The summed E-state index contributed by atoms with van der Waals surface area (Å²) in [6, 6.07) is 26.9. The molecule has 0 fully saturated rings. The summed E-state index contributed by atoms with van der Waals surface area (Å²) in [4.78, 5) is 37.0. The number of hydrogen-bond donors (Lipinski definition) is 0. The number of ketones is 2. The van der Waals surface area contributed by atoms with Crippen molar-refractivity contribution in [1.29, 1.82) is 0 Å². The van der Waals surface area contributed by atoms with Crippen LogP contribution in [0.2, 0.25) is 0 Å². The predicted molar refractivity (Wildman–Crippen MR) is 137 cm³/mol. The molecule has 0 saturated heterocycles. The van der Waals surface area contributed by atoms with Crippen molar-refractivity contribution in [2.75, 3.05) is 0 Å². The lowest BCUT2D eigenvalue weighted by Gasteiger charge is -2.18. The monoisotopic (exact) mass is 474 g/mol. The van der Waals surface area contributed by atoms with Crippen molar-refractivity contribution in [3.8, 4) is 21.1 Å². The van der Waals surface area contributed by atoms with E-state index in [0.29, 0.717) is 22.3 Å². The van der Waals surface area contributed by atoms with Crippen LogP contribution in [-0.4, -0.2) is 21.5 Å². The van der Waals surface area contributed by atoms with Crippen molar-refractivity contribution in [2.24, 2.45) is 0 Å². The van der Waals surface area contributed by atoms with Gasteiger partial charge in [-0.2, -0.15) is 0 Å². The topological polar surface area (TPSA) is 59.9 Å². The molecule has 160 valence electrons. The Morgan fingerprint density at radius 2 is 0.912 bits per heavy atom. The highest BCUT2D eigenvalue weighted by Gasteiger charge is 2.34. The molecule has 0 saturated carbocycles. The molecule has 0 N–H and O–H groups in total. The number of carbonyl (C=O) groups excluding carboxylic acids is 2. The third-order valence-corrected chi connectivity index (χ3v) is 8.38. The van der Waals surface area contributed by atoms with Crippen LogP contribution in [0.5, 0.6) is 0 Å². The molecular weight excluding hydrogens is 460 g/mol. The second-order valence-corrected chi connectivity index (χ2v) is 10.1. The molecule has 0 atom stereocenters. The minimum Gasteiger partial charge on any atom is -0.289 e. The molecule has 0 unspecified atom stereocenters. The Labute approximate surface area is 202 Å². The highest BCUT2D eigenvalue weighted by Crippen LogP contribution is 2.41. The Bertz CT molecular complexity index is 1650. The van der Waals surface area contributed by atoms with Gasteiger partial charge in [0, 0.05) is 22.3 Å². The van der Waals surface area contributed by atoms with Crippen LogP contribution in [0.3, 0.4) is 0 Å². The number of carbonyl (C=O) groups is 2. The second-order valence-electron chi connectivity index (χ2n) is 8.10. The Morgan fingerprint density at radius 3 is 1.32 bits per heavy atom. The zero-order chi connectivity index (χ0) is 22.8. The first-order valence-corrected chi connectivity index (χ1v) is 12.4. The summed E-state index contributed by atoms with van der Waals surface area (Å²) in [5.41, 5.74) is 5.25. The number of aromatic nitrogens is 2. The van der Waals surface area contributed by atoms with Crippen molar-refractivity contribution in [3.05, 3.63) is 107 Å². The van der Waals surface area contributed by atoms with E-state index in [-0.39, 0.29) is 11.6 Å². The van der Waals surface area contributed by atoms with Crippen LogP contribution in [0.15, 0.2) is 84.9 Å². The molecule has 0 amide bonds. The van der Waals surface area contributed by atoms with Crippen LogP contribution in [0.25, 0.3) is 41.6 Å². The van der Waals surface area contributed by atoms with Gasteiger partial charge in [0.1, 0.15) is 10.0 Å². The molecule has 6 aromatic rings. The number of fused-ring (bicyclic) bond motifs is 6. The van der Waals surface area contributed by atoms with E-state index in [1.807, 2.05) is 72.8 Å². The van der Waals surface area contributed by atoms with Crippen LogP contribution < -0.4 is 0 Å². The maximum atomic E-state index is 13.7. The molecule has 4 aromatic carbocycles. The first-order valence-electron chi connectivity index (χ1n) is 10.8. The standard InChI is InChI=1S/C28H14N2O2S2/c31-23-18-12-14-20-26(34-28(30-20)16-9-5-2-6-10-16)22(18)24(32)17-11-13-19-25(21(17)23)33-27(29-19)15-7-3-1-4-8-15/h1-14H. The van der Waals surface area contributed by atoms with Crippen LogP contribution in [0, 0.1) is 0 Å². The van der Waals surface area contributed by atoms with Gasteiger partial charge in [0.05, 0.1) is 31.6 Å². The molecule has 7 rings (SSSR count). The molecule has 1 aliphatic rings. The van der Waals surface area contributed by atoms with Crippen molar-refractivity contribution in [2.45, 2.75) is 0 Å². The Kier molecular flexibility index (Phi) is 4.15. The fraction of sp³-hybridized carbons (Fsp3) is 0. The van der Waals surface area contributed by atoms with E-state index in [2.05, 4.69) is 0 Å². The fourth-order valence-corrected chi connectivity index (χ4v) is 6.72. The lowest BCUT2D eigenvalue weighted by molar-refractivity contribution is 0.0982. The highest BCUT2D eigenvalue weighted by atomic mass is 32.1. The van der Waals surface area contributed by atoms with Crippen molar-refractivity contribution in [1.82, 2.24) is 9.97 Å². The van der Waals surface area contributed by atoms with Crippen LogP contribution in [-0.2, 0) is 0 Å². The van der Waals surface area contributed by atoms with Crippen molar-refractivity contribution >= 4 is 54.7 Å². The van der Waals surface area contributed by atoms with Crippen molar-refractivity contribution in [3.63, 3.8) is 0 Å². The third-order valence-electron chi connectivity index (χ3n) is 6.10. The minimum absolute atomic E-state index is 0.130. The van der Waals surface area contributed by atoms with Gasteiger partial charge in [0.15, 0.2) is 11.6 Å². The number of benzene rings is 4. The molecule has 0 bridgehead atoms. The molecule has 0 radical (unpaired) electrons. The summed E-state index contributed by atoms with van der Waals surface area (Å²) in [7, 11) is 0. The second kappa shape index (κ2) is 7.25. The Morgan fingerprint density at radius 1 is 0.500 bits per heavy atom. The smallest absolute Gasteiger partial charge is 0.196 e. The molecule has 2 aromatic heterocycles. The summed E-state index contributed by atoms with van der Waals surface area (Å²) >= 11 is 2.91. The van der Waals surface area contributed by atoms with Gasteiger partial charge in [-0.3, -0.25) is 9.59 Å². The third kappa shape index (κ3) is 2.76. The normalized spacial score (nSPS) is 12.8. The van der Waals surface area contributed by atoms with Crippen molar-refractivity contribution < 1.29 is 9.59 Å². The summed E-state index contributed by atoms with van der Waals surface area (Å²) in [6.45, 7) is 0. The van der Waals surface area contributed by atoms with Crippen LogP contribution in [0.4, 0.5) is 0 Å². The summed E-state index contributed by atoms with van der Waals surface area (Å²) in [5, 5.41) is 1.67. The maximum Gasteiger partial charge on any atom is 0.196 e. The van der Waals surface area contributed by atoms with E-state index < -0.39 is 0 Å². The van der Waals surface area contributed by atoms with Gasteiger partial charge in [-0.1, -0.05) is 60.7 Å². The number of nitrogens with zero attached hydrogens (tertiary/aromatic N) is 2. The summed E-state index contributed by atoms with van der Waals surface area (Å²) in [5.74, 6) is -0.259. The molecule has 0 aliphatic heterocycles. The minimum atomic E-state index is -0.130. The first kappa shape index (κ1) is 19.5. The molecule has 4 nitrogen and oxygen atoms in total. The van der Waals surface area contributed by atoms with Gasteiger partial charge in [-0.05, 0) is 24.3 Å². The van der Waals surface area contributed by atoms with Gasteiger partial charge in [-0.25, -0.2) is 9.97 Å². The van der Waals surface area contributed by atoms with Gasteiger partial charge in [-0.15, -0.1) is 22.7 Å². The number of hydrogen-bond acceptors (Lipinski definition) is 6. The lowest BCUT2D eigenvalue weighted by atomic mass is 9.84. The quantitative estimate of drug-likeness (QED) is 0.270. The summed E-state index contributed by atoms with van der Waals surface area (Å²) in [6.07, 6.45) is 0. The SMILES string of the molecule is O=C1c2ccc3nc(-c4ccccc4)sc3c2C(=O)c2ccc3nc(-c4ccccc4)sc3c21. The van der Waals surface area contributed by atoms with E-state index in [9.17, 15) is 9.59 Å². The van der Waals surface area contributed by atoms with Gasteiger partial charge < -0.3 is 0 Å². The lowest BCUT2D eigenvalue weighted by Crippen LogP contribution is -2.21. The zero-order valence-electron chi connectivity index (χ0n) is 17.6. The molecule has 6 heteroatoms. The predicted octanol–water partition coefficient (Wildman–Crippen LogP) is 7.02. The highest BCUT2D eigenvalue weighted by molar-refractivity contribution is 7.22. The molecule has 1 aliphatic carbocycles. The van der Waals surface area contributed by atoms with Crippen LogP contribution in [0.1, 0.15) is 31.8 Å². The molecule has 34 heavy (non-hydrogen) atoms. The van der Waals surface area contributed by atoms with Gasteiger partial charge in [0.25, 0.3) is 0 Å². The van der Waals surface area contributed by atoms with E-state index >= 15 is 0 Å². The van der Waals surface area contributed by atoms with E-state index in [4.69, 9.17) is 9.97 Å². The Hall–Kier alpha value is -4.00. The van der Waals surface area contributed by atoms with Crippen LogP contribution >= 0.6 is 22.7 Å². The van der Waals surface area contributed by atoms with E-state index in [1.54, 1.807) is 12.1 Å². The Balaban J connectivity index is 1.43. The maximum absolute atomic E-state index is 13.7. The first-order chi connectivity index (χ1) is 16.7. The molecule has 2 heterocycles. The largest absolute Gasteiger partial charge is 0.289 e. The number of rotatable bonds is 2. The number of thiazole rings is 2. The fourth-order valence-electron chi connectivity index (χ4n) is 4.49. The molecular formula is C28H14N2O2S2.